The van der Waals surface area contributed by atoms with E-state index < -0.39 is 0 Å². The molecular formula is C8H12N2OS. The normalized spacial score (nSPS) is 12.8. The summed E-state index contributed by atoms with van der Waals surface area (Å²) in [6, 6.07) is 3.78. The lowest BCUT2D eigenvalue weighted by atomic mass is 10.2. The van der Waals surface area contributed by atoms with Gasteiger partial charge >= 0.3 is 0 Å². The number of hydrogen-bond acceptors (Lipinski definition) is 4. The zero-order chi connectivity index (χ0) is 8.81. The summed E-state index contributed by atoms with van der Waals surface area (Å²) in [6.07, 6.45) is 1.65. The number of nitrogens with zero attached hydrogens (tertiary/aromatic N) is 2. The Balaban J connectivity index is 2.33. The maximum Gasteiger partial charge on any atom is 0.119 e. The summed E-state index contributed by atoms with van der Waals surface area (Å²) < 4.78 is 0. The molecular weight excluding hydrogens is 172 g/mol. The average molecular weight is 184 g/mol. The Hall–Kier alpha value is -0.610. The van der Waals surface area contributed by atoms with Crippen molar-refractivity contribution in [3.63, 3.8) is 0 Å². The van der Waals surface area contributed by atoms with Crippen LogP contribution < -0.4 is 0 Å². The second-order valence-corrected chi connectivity index (χ2v) is 3.70. The van der Waals surface area contributed by atoms with Crippen LogP contribution in [0.2, 0.25) is 0 Å². The molecule has 0 bridgehead atoms. The molecule has 0 fully saturated rings. The Labute approximate surface area is 76.2 Å². The number of aliphatic hydroxyl groups is 1. The van der Waals surface area contributed by atoms with Crippen LogP contribution in [0, 0.1) is 5.92 Å². The molecule has 1 rings (SSSR count). The maximum atomic E-state index is 8.76. The summed E-state index contributed by atoms with van der Waals surface area (Å²) >= 11 is 1.62. The first-order valence-electron chi connectivity index (χ1n) is 3.84. The largest absolute Gasteiger partial charge is 0.396 e. The molecule has 1 heterocycles. The van der Waals surface area contributed by atoms with Crippen LogP contribution in [-0.2, 0) is 0 Å². The highest BCUT2D eigenvalue weighted by atomic mass is 32.2. The van der Waals surface area contributed by atoms with Crippen molar-refractivity contribution in [1.29, 1.82) is 0 Å². The van der Waals surface area contributed by atoms with Gasteiger partial charge in [-0.3, -0.25) is 0 Å². The van der Waals surface area contributed by atoms with Gasteiger partial charge in [-0.15, -0.1) is 16.9 Å². The van der Waals surface area contributed by atoms with Crippen molar-refractivity contribution in [1.82, 2.24) is 10.2 Å². The molecule has 1 atom stereocenters. The molecule has 1 aromatic rings. The van der Waals surface area contributed by atoms with Crippen molar-refractivity contribution in [2.75, 3.05) is 12.4 Å². The second-order valence-electron chi connectivity index (χ2n) is 2.66. The van der Waals surface area contributed by atoms with Crippen molar-refractivity contribution in [3.8, 4) is 0 Å². The van der Waals surface area contributed by atoms with Gasteiger partial charge in [-0.05, 0) is 18.1 Å². The molecule has 0 aliphatic rings. The predicted octanol–water partition coefficient (Wildman–Crippen LogP) is 1.20. The first-order chi connectivity index (χ1) is 5.83. The van der Waals surface area contributed by atoms with E-state index in [1.54, 1.807) is 18.0 Å². The fourth-order valence-electron chi connectivity index (χ4n) is 0.645. The van der Waals surface area contributed by atoms with Crippen molar-refractivity contribution in [3.05, 3.63) is 18.3 Å². The fourth-order valence-corrected chi connectivity index (χ4v) is 1.49. The van der Waals surface area contributed by atoms with E-state index >= 15 is 0 Å². The molecule has 0 spiro atoms. The maximum absolute atomic E-state index is 8.76. The Morgan fingerprint density at radius 3 is 3.08 bits per heavy atom. The van der Waals surface area contributed by atoms with Gasteiger partial charge in [0, 0.05) is 18.6 Å². The number of hydrogen-bond donors (Lipinski definition) is 1. The topological polar surface area (TPSA) is 46.0 Å². The first-order valence-corrected chi connectivity index (χ1v) is 4.83. The van der Waals surface area contributed by atoms with E-state index in [2.05, 4.69) is 10.2 Å². The van der Waals surface area contributed by atoms with E-state index in [-0.39, 0.29) is 6.61 Å². The molecule has 0 saturated heterocycles. The summed E-state index contributed by atoms with van der Waals surface area (Å²) in [5.74, 6) is 1.20. The van der Waals surface area contributed by atoms with Crippen LogP contribution in [0.1, 0.15) is 6.92 Å². The fraction of sp³-hybridized carbons (Fsp3) is 0.500. The Kier molecular flexibility index (Phi) is 4.04. The SMILES string of the molecule is CC(CO)CSc1cccnn1. The Bertz CT molecular complexity index is 218. The van der Waals surface area contributed by atoms with Crippen LogP contribution in [0.5, 0.6) is 0 Å². The third kappa shape index (κ3) is 3.19. The summed E-state index contributed by atoms with van der Waals surface area (Å²) in [5, 5.41) is 17.3. The third-order valence-electron chi connectivity index (χ3n) is 1.38. The lowest BCUT2D eigenvalue weighted by molar-refractivity contribution is 0.250. The van der Waals surface area contributed by atoms with E-state index in [4.69, 9.17) is 5.11 Å². The van der Waals surface area contributed by atoms with Gasteiger partial charge in [0.05, 0.1) is 0 Å². The molecule has 0 radical (unpaired) electrons. The Morgan fingerprint density at radius 1 is 1.67 bits per heavy atom. The molecule has 4 heteroatoms. The van der Waals surface area contributed by atoms with Gasteiger partial charge in [0.15, 0.2) is 0 Å². The van der Waals surface area contributed by atoms with Crippen molar-refractivity contribution in [2.45, 2.75) is 11.9 Å². The number of rotatable bonds is 4. The van der Waals surface area contributed by atoms with Gasteiger partial charge in [0.25, 0.3) is 0 Å². The predicted molar refractivity (Wildman–Crippen MR) is 49.0 cm³/mol. The lowest BCUT2D eigenvalue weighted by Crippen LogP contribution is -2.03. The van der Waals surface area contributed by atoms with Crippen molar-refractivity contribution in [2.24, 2.45) is 5.92 Å². The minimum absolute atomic E-state index is 0.229. The smallest absolute Gasteiger partial charge is 0.119 e. The quantitative estimate of drug-likeness (QED) is 0.714. The zero-order valence-corrected chi connectivity index (χ0v) is 7.79. The average Bonchev–Trinajstić information content (AvgIpc) is 2.16. The van der Waals surface area contributed by atoms with E-state index in [0.29, 0.717) is 5.92 Å². The standard InChI is InChI=1S/C8H12N2OS/c1-7(5-11)6-12-8-3-2-4-9-10-8/h2-4,7,11H,5-6H2,1H3. The van der Waals surface area contributed by atoms with Gasteiger partial charge in [-0.25, -0.2) is 0 Å². The van der Waals surface area contributed by atoms with Gasteiger partial charge in [-0.2, -0.15) is 5.10 Å². The van der Waals surface area contributed by atoms with E-state index in [9.17, 15) is 0 Å². The second kappa shape index (κ2) is 5.11. The van der Waals surface area contributed by atoms with Gasteiger partial charge < -0.3 is 5.11 Å². The van der Waals surface area contributed by atoms with Crippen LogP contribution in [0.4, 0.5) is 0 Å². The molecule has 1 aromatic heterocycles. The monoisotopic (exact) mass is 184 g/mol. The van der Waals surface area contributed by atoms with Crippen LogP contribution in [0.15, 0.2) is 23.4 Å². The lowest BCUT2D eigenvalue weighted by Gasteiger charge is -2.04. The minimum Gasteiger partial charge on any atom is -0.396 e. The first kappa shape index (κ1) is 9.48. The van der Waals surface area contributed by atoms with Crippen LogP contribution >= 0.6 is 11.8 Å². The van der Waals surface area contributed by atoms with Crippen LogP contribution in [0.3, 0.4) is 0 Å². The molecule has 1 N–H and O–H groups in total. The van der Waals surface area contributed by atoms with Gasteiger partial charge in [0.2, 0.25) is 0 Å². The molecule has 0 aliphatic carbocycles. The van der Waals surface area contributed by atoms with E-state index in [1.165, 1.54) is 0 Å². The van der Waals surface area contributed by atoms with Gasteiger partial charge in [-0.1, -0.05) is 6.92 Å². The molecule has 0 aliphatic heterocycles. The van der Waals surface area contributed by atoms with Gasteiger partial charge in [0.1, 0.15) is 5.03 Å². The summed E-state index contributed by atoms with van der Waals surface area (Å²) in [5.41, 5.74) is 0. The number of aliphatic hydroxyl groups excluding tert-OH is 1. The van der Waals surface area contributed by atoms with Crippen molar-refractivity contribution < 1.29 is 5.11 Å². The molecule has 12 heavy (non-hydrogen) atoms. The van der Waals surface area contributed by atoms with Crippen LogP contribution in [0.25, 0.3) is 0 Å². The summed E-state index contributed by atoms with van der Waals surface area (Å²) in [7, 11) is 0. The highest BCUT2D eigenvalue weighted by Gasteiger charge is 2.01. The summed E-state index contributed by atoms with van der Waals surface area (Å²) in [6.45, 7) is 2.23. The number of thioether (sulfide) groups is 1. The molecule has 0 aromatic carbocycles. The molecule has 0 amide bonds. The zero-order valence-electron chi connectivity index (χ0n) is 6.97. The van der Waals surface area contributed by atoms with Crippen LogP contribution in [-0.4, -0.2) is 27.7 Å². The minimum atomic E-state index is 0.229. The Morgan fingerprint density at radius 2 is 2.50 bits per heavy atom. The van der Waals surface area contributed by atoms with E-state index in [1.807, 2.05) is 19.1 Å². The molecule has 1 unspecified atom stereocenters. The highest BCUT2D eigenvalue weighted by Crippen LogP contribution is 2.16. The molecule has 0 saturated carbocycles. The third-order valence-corrected chi connectivity index (χ3v) is 2.62. The number of aromatic nitrogens is 2. The molecule has 66 valence electrons. The summed E-state index contributed by atoms with van der Waals surface area (Å²) in [4.78, 5) is 0. The highest BCUT2D eigenvalue weighted by molar-refractivity contribution is 7.99. The molecule has 3 nitrogen and oxygen atoms in total. The van der Waals surface area contributed by atoms with E-state index in [0.717, 1.165) is 10.8 Å². The van der Waals surface area contributed by atoms with Crippen molar-refractivity contribution >= 4 is 11.8 Å².